The van der Waals surface area contributed by atoms with E-state index < -0.39 is 12.3 Å². The number of aliphatic hydroxyl groups excluding tert-OH is 1. The number of aliphatic hydroxyl groups is 1. The maximum Gasteiger partial charge on any atom is 0.303 e. The van der Waals surface area contributed by atoms with Crippen LogP contribution in [0.25, 0.3) is 0 Å². The molecule has 9 nitrogen and oxygen atoms in total. The van der Waals surface area contributed by atoms with Gasteiger partial charge in [0, 0.05) is 47.9 Å². The first kappa shape index (κ1) is 28.6. The van der Waals surface area contributed by atoms with Gasteiger partial charge in [0.2, 0.25) is 5.91 Å². The zero-order valence-corrected chi connectivity index (χ0v) is 22.4. The van der Waals surface area contributed by atoms with Gasteiger partial charge in [-0.05, 0) is 35.7 Å². The summed E-state index contributed by atoms with van der Waals surface area (Å²) in [5.41, 5.74) is 3.14. The van der Waals surface area contributed by atoms with Crippen LogP contribution >= 0.6 is 11.8 Å². The van der Waals surface area contributed by atoms with Gasteiger partial charge in [-0.3, -0.25) is 9.59 Å². The molecule has 10 heteroatoms. The van der Waals surface area contributed by atoms with E-state index in [0.29, 0.717) is 16.5 Å². The normalized spacial score (nSPS) is 20.9. The van der Waals surface area contributed by atoms with Crippen molar-refractivity contribution in [2.24, 2.45) is 5.92 Å². The molecule has 2 heterocycles. The largest absolute Gasteiger partial charge is 0.618 e. The molecule has 1 aromatic heterocycles. The van der Waals surface area contributed by atoms with Gasteiger partial charge in [0.1, 0.15) is 0 Å². The number of nitrogens with zero attached hydrogens (tertiary/aromatic N) is 1. The minimum Gasteiger partial charge on any atom is -0.618 e. The Morgan fingerprint density at radius 3 is 2.38 bits per heavy atom. The lowest BCUT2D eigenvalue weighted by atomic mass is 9.91. The molecule has 0 unspecified atom stereocenters. The number of aliphatic carboxylic acids is 1. The second kappa shape index (κ2) is 13.6. The summed E-state index contributed by atoms with van der Waals surface area (Å²) >= 11 is 1.43. The summed E-state index contributed by atoms with van der Waals surface area (Å²) in [4.78, 5) is 22.8. The number of rotatable bonds is 11. The first-order chi connectivity index (χ1) is 18.8. The molecule has 0 radical (unpaired) electrons. The number of aromatic nitrogens is 1. The lowest BCUT2D eigenvalue weighted by Crippen LogP contribution is -2.39. The summed E-state index contributed by atoms with van der Waals surface area (Å²) in [6, 6.07) is 20.1. The van der Waals surface area contributed by atoms with Crippen molar-refractivity contribution < 1.29 is 34.0 Å². The van der Waals surface area contributed by atoms with Crippen LogP contribution in [0.5, 0.6) is 0 Å². The fourth-order valence-electron chi connectivity index (χ4n) is 4.35. The number of thioether (sulfide) groups is 1. The lowest BCUT2D eigenvalue weighted by Gasteiger charge is -2.41. The number of nitrogens with one attached hydrogen (secondary N) is 1. The maximum absolute atomic E-state index is 12.2. The van der Waals surface area contributed by atoms with Gasteiger partial charge < -0.3 is 30.2 Å². The number of pyridine rings is 1. The highest BCUT2D eigenvalue weighted by Gasteiger charge is 2.38. The van der Waals surface area contributed by atoms with Crippen molar-refractivity contribution in [3.8, 4) is 0 Å². The Morgan fingerprint density at radius 1 is 1.00 bits per heavy atom. The van der Waals surface area contributed by atoms with Crippen molar-refractivity contribution in [3.05, 3.63) is 94.8 Å². The Bertz CT molecular complexity index is 1250. The van der Waals surface area contributed by atoms with E-state index in [-0.39, 0.29) is 49.9 Å². The Kier molecular flexibility index (Phi) is 9.94. The van der Waals surface area contributed by atoms with Gasteiger partial charge in [-0.15, -0.1) is 0 Å². The topological polar surface area (TPSA) is 132 Å². The highest BCUT2D eigenvalue weighted by Crippen LogP contribution is 2.43. The molecule has 4 atom stereocenters. The molecule has 1 fully saturated rings. The molecule has 4 rings (SSSR count). The van der Waals surface area contributed by atoms with Gasteiger partial charge in [-0.25, -0.2) is 0 Å². The van der Waals surface area contributed by atoms with Crippen LogP contribution in [-0.4, -0.2) is 33.9 Å². The number of hydrogen-bond donors (Lipinski definition) is 3. The highest BCUT2D eigenvalue weighted by atomic mass is 32.2. The molecular formula is C29H32N2O7S. The molecule has 3 N–H and O–H groups in total. The first-order valence-electron chi connectivity index (χ1n) is 12.8. The van der Waals surface area contributed by atoms with Gasteiger partial charge in [0.15, 0.2) is 12.5 Å². The Labute approximate surface area is 231 Å². The highest BCUT2D eigenvalue weighted by molar-refractivity contribution is 7.99. The standard InChI is InChI=1S/C29H32N2O7S/c1-19-24(18-39-26-6-2-3-16-31(26)36)37-29(38-28(19)21-10-8-20(17-32)9-11-21)22-12-14-23(15-13-22)30-25(33)5-4-7-27(34)35/h2-3,6,8-16,19,24,28-29,32H,4-5,7,17-18H2,1H3,(H,30,33)(H,34,35)/t19-,24+,28+,29+/m1/s1. The maximum atomic E-state index is 12.2. The molecule has 39 heavy (non-hydrogen) atoms. The number of carboxylic acid groups (broad SMARTS) is 1. The molecule has 206 valence electrons. The van der Waals surface area contributed by atoms with E-state index in [4.69, 9.17) is 14.6 Å². The van der Waals surface area contributed by atoms with Crippen LogP contribution in [0, 0.1) is 11.1 Å². The van der Waals surface area contributed by atoms with Gasteiger partial charge in [0.25, 0.3) is 5.03 Å². The summed E-state index contributed by atoms with van der Waals surface area (Å²) in [6.07, 6.45) is 0.625. The quantitative estimate of drug-likeness (QED) is 0.179. The summed E-state index contributed by atoms with van der Waals surface area (Å²) in [5, 5.41) is 33.7. The number of anilines is 1. The fourth-order valence-corrected chi connectivity index (χ4v) is 5.43. The van der Waals surface area contributed by atoms with Crippen molar-refractivity contribution in [3.63, 3.8) is 0 Å². The van der Waals surface area contributed by atoms with Crippen molar-refractivity contribution in [1.29, 1.82) is 0 Å². The minimum atomic E-state index is -0.927. The van der Waals surface area contributed by atoms with E-state index in [1.807, 2.05) is 42.5 Å². The fraction of sp³-hybridized carbons (Fsp3) is 0.345. The summed E-state index contributed by atoms with van der Waals surface area (Å²) < 4.78 is 13.7. The number of carboxylic acids is 1. The predicted molar refractivity (Wildman–Crippen MR) is 146 cm³/mol. The predicted octanol–water partition coefficient (Wildman–Crippen LogP) is 4.59. The van der Waals surface area contributed by atoms with Crippen molar-refractivity contribution in [2.75, 3.05) is 11.1 Å². The Morgan fingerprint density at radius 2 is 1.72 bits per heavy atom. The molecule has 0 aliphatic carbocycles. The molecule has 0 saturated carbocycles. The van der Waals surface area contributed by atoms with Crippen LogP contribution in [0.15, 0.2) is 78.0 Å². The van der Waals surface area contributed by atoms with E-state index in [0.717, 1.165) is 21.4 Å². The van der Waals surface area contributed by atoms with Gasteiger partial charge >= 0.3 is 5.97 Å². The number of hydrogen-bond acceptors (Lipinski definition) is 7. The van der Waals surface area contributed by atoms with E-state index in [1.165, 1.54) is 18.0 Å². The van der Waals surface area contributed by atoms with Gasteiger partial charge in [-0.1, -0.05) is 55.1 Å². The van der Waals surface area contributed by atoms with Crippen molar-refractivity contribution in [2.45, 2.75) is 56.3 Å². The van der Waals surface area contributed by atoms with E-state index in [2.05, 4.69) is 12.2 Å². The second-order valence-electron chi connectivity index (χ2n) is 9.42. The zero-order chi connectivity index (χ0) is 27.8. The molecule has 1 saturated heterocycles. The first-order valence-corrected chi connectivity index (χ1v) is 13.8. The number of carbonyl (C=O) groups is 2. The van der Waals surface area contributed by atoms with Crippen LogP contribution < -0.4 is 10.0 Å². The van der Waals surface area contributed by atoms with E-state index >= 15 is 0 Å². The molecule has 2 aromatic carbocycles. The summed E-state index contributed by atoms with van der Waals surface area (Å²) in [6.45, 7) is 2.02. The van der Waals surface area contributed by atoms with Crippen LogP contribution in [0.1, 0.15) is 55.3 Å². The number of ether oxygens (including phenoxy) is 2. The van der Waals surface area contributed by atoms with Crippen LogP contribution in [-0.2, 0) is 25.7 Å². The van der Waals surface area contributed by atoms with Gasteiger partial charge in [-0.2, -0.15) is 4.73 Å². The van der Waals surface area contributed by atoms with Gasteiger partial charge in [0.05, 0.1) is 18.8 Å². The average molecular weight is 553 g/mol. The SMILES string of the molecule is C[C@@H]1[C@H](CSc2cccc[n+]2[O-])O[C@H](c2ccc(NC(=O)CCCC(=O)O)cc2)O[C@@H]1c1ccc(CO)cc1. The van der Waals surface area contributed by atoms with E-state index in [1.54, 1.807) is 24.3 Å². The summed E-state index contributed by atoms with van der Waals surface area (Å²) in [7, 11) is 0. The number of carbonyl (C=O) groups excluding carboxylic acids is 1. The summed E-state index contributed by atoms with van der Waals surface area (Å²) in [5.74, 6) is -0.655. The average Bonchev–Trinajstić information content (AvgIpc) is 2.93. The lowest BCUT2D eigenvalue weighted by molar-refractivity contribution is -0.645. The Balaban J connectivity index is 1.49. The molecule has 0 bridgehead atoms. The monoisotopic (exact) mass is 552 g/mol. The third-order valence-corrected chi connectivity index (χ3v) is 7.68. The van der Waals surface area contributed by atoms with Crippen molar-refractivity contribution in [1.82, 2.24) is 0 Å². The second-order valence-corrected chi connectivity index (χ2v) is 10.5. The van der Waals surface area contributed by atoms with Crippen LogP contribution in [0.3, 0.4) is 0 Å². The molecule has 1 amide bonds. The zero-order valence-electron chi connectivity index (χ0n) is 21.6. The van der Waals surface area contributed by atoms with Crippen LogP contribution in [0.2, 0.25) is 0 Å². The minimum absolute atomic E-state index is 0.0260. The molecule has 3 aromatic rings. The van der Waals surface area contributed by atoms with Crippen molar-refractivity contribution >= 4 is 29.3 Å². The molecular weight excluding hydrogens is 520 g/mol. The number of benzene rings is 2. The third kappa shape index (κ3) is 7.79. The molecule has 0 spiro atoms. The third-order valence-electron chi connectivity index (χ3n) is 6.57. The van der Waals surface area contributed by atoms with Crippen LogP contribution in [0.4, 0.5) is 5.69 Å². The van der Waals surface area contributed by atoms with E-state index in [9.17, 15) is 19.9 Å². The molecule has 1 aliphatic rings. The number of amides is 1. The Hall–Kier alpha value is -3.44. The smallest absolute Gasteiger partial charge is 0.303 e. The molecule has 1 aliphatic heterocycles.